The molecule has 148 valence electrons. The summed E-state index contributed by atoms with van der Waals surface area (Å²) in [6.07, 6.45) is 4.46. The molecule has 0 aliphatic carbocycles. The second-order valence-electron chi connectivity index (χ2n) is 7.75. The lowest BCUT2D eigenvalue weighted by Crippen LogP contribution is -2.58. The fourth-order valence-corrected chi connectivity index (χ4v) is 4.45. The van der Waals surface area contributed by atoms with Crippen molar-refractivity contribution >= 4 is 17.3 Å². The summed E-state index contributed by atoms with van der Waals surface area (Å²) < 4.78 is 1.70. The highest BCUT2D eigenvalue weighted by molar-refractivity contribution is 6.30. The van der Waals surface area contributed by atoms with Crippen molar-refractivity contribution < 1.29 is 0 Å². The van der Waals surface area contributed by atoms with Gasteiger partial charge in [0.05, 0.1) is 16.8 Å². The highest BCUT2D eigenvalue weighted by atomic mass is 35.5. The second-order valence-corrected chi connectivity index (χ2v) is 8.18. The molecule has 1 aromatic carbocycles. The van der Waals surface area contributed by atoms with E-state index in [-0.39, 0.29) is 5.56 Å². The molecule has 0 N–H and O–H groups in total. The molecule has 5 rings (SSSR count). The molecule has 0 radical (unpaired) electrons. The van der Waals surface area contributed by atoms with Gasteiger partial charge in [0.1, 0.15) is 0 Å². The number of aromatic nitrogens is 2. The third-order valence-electron chi connectivity index (χ3n) is 6.04. The largest absolute Gasteiger partial charge is 0.365 e. The Labute approximate surface area is 175 Å². The third-order valence-corrected chi connectivity index (χ3v) is 6.26. The van der Waals surface area contributed by atoms with Crippen molar-refractivity contribution in [1.82, 2.24) is 14.5 Å². The smallest absolute Gasteiger partial charge is 0.255 e. The SMILES string of the molecule is CCN1CC(N2CCc3cc(-n4ccc(-c5ccc(Cl)cn5)cc4=O)ccc32)C1. The van der Waals surface area contributed by atoms with Crippen molar-refractivity contribution in [2.45, 2.75) is 19.4 Å². The van der Waals surface area contributed by atoms with Crippen LogP contribution >= 0.6 is 11.6 Å². The van der Waals surface area contributed by atoms with E-state index >= 15 is 0 Å². The summed E-state index contributed by atoms with van der Waals surface area (Å²) in [5.74, 6) is 0. The fraction of sp³-hybridized carbons (Fsp3) is 0.304. The van der Waals surface area contributed by atoms with Crippen molar-refractivity contribution in [2.75, 3.05) is 31.1 Å². The van der Waals surface area contributed by atoms with Crippen LogP contribution in [0.1, 0.15) is 12.5 Å². The van der Waals surface area contributed by atoms with E-state index in [0.717, 1.165) is 49.5 Å². The molecule has 6 heteroatoms. The number of fused-ring (bicyclic) bond motifs is 1. The first-order valence-corrected chi connectivity index (χ1v) is 10.5. The average Bonchev–Trinajstić information content (AvgIpc) is 3.11. The summed E-state index contributed by atoms with van der Waals surface area (Å²) in [5, 5.41) is 0.582. The molecule has 2 aliphatic heterocycles. The Morgan fingerprint density at radius 1 is 1.14 bits per heavy atom. The molecule has 2 aliphatic rings. The Bertz CT molecular complexity index is 1100. The summed E-state index contributed by atoms with van der Waals surface area (Å²) in [5.41, 5.74) is 5.03. The van der Waals surface area contributed by atoms with Crippen molar-refractivity contribution in [3.8, 4) is 16.9 Å². The van der Waals surface area contributed by atoms with Crippen LogP contribution in [0.4, 0.5) is 5.69 Å². The molecule has 3 aromatic rings. The Kier molecular flexibility index (Phi) is 4.64. The van der Waals surface area contributed by atoms with Crippen LogP contribution in [0.5, 0.6) is 0 Å². The number of likely N-dealkylation sites (tertiary alicyclic amines) is 1. The molecule has 1 fully saturated rings. The van der Waals surface area contributed by atoms with Gasteiger partial charge in [-0.1, -0.05) is 18.5 Å². The normalized spacial score (nSPS) is 16.7. The van der Waals surface area contributed by atoms with Gasteiger partial charge < -0.3 is 4.90 Å². The Hall–Kier alpha value is -2.63. The van der Waals surface area contributed by atoms with Gasteiger partial charge in [0.15, 0.2) is 0 Å². The Balaban J connectivity index is 1.41. The van der Waals surface area contributed by atoms with Gasteiger partial charge in [-0.25, -0.2) is 0 Å². The Morgan fingerprint density at radius 3 is 2.72 bits per heavy atom. The van der Waals surface area contributed by atoms with Crippen molar-refractivity contribution in [1.29, 1.82) is 0 Å². The topological polar surface area (TPSA) is 41.4 Å². The predicted molar refractivity (Wildman–Crippen MR) is 117 cm³/mol. The van der Waals surface area contributed by atoms with Gasteiger partial charge in [0.2, 0.25) is 0 Å². The van der Waals surface area contributed by atoms with Crippen molar-refractivity contribution in [3.63, 3.8) is 0 Å². The van der Waals surface area contributed by atoms with Gasteiger partial charge in [-0.15, -0.1) is 0 Å². The lowest BCUT2D eigenvalue weighted by molar-refractivity contribution is 0.154. The first-order valence-electron chi connectivity index (χ1n) is 10.1. The molecule has 0 amide bonds. The van der Waals surface area contributed by atoms with E-state index in [1.807, 2.05) is 18.3 Å². The van der Waals surface area contributed by atoms with E-state index in [1.165, 1.54) is 11.3 Å². The van der Waals surface area contributed by atoms with Gasteiger partial charge in [-0.3, -0.25) is 19.2 Å². The van der Waals surface area contributed by atoms with E-state index < -0.39 is 0 Å². The van der Waals surface area contributed by atoms with Crippen LogP contribution < -0.4 is 10.5 Å². The summed E-state index contributed by atoms with van der Waals surface area (Å²) in [6.45, 7) is 6.71. The molecule has 5 nitrogen and oxygen atoms in total. The van der Waals surface area contributed by atoms with E-state index in [2.05, 4.69) is 39.9 Å². The number of likely N-dealkylation sites (N-methyl/N-ethyl adjacent to an activating group) is 1. The summed E-state index contributed by atoms with van der Waals surface area (Å²) in [6, 6.07) is 14.2. The van der Waals surface area contributed by atoms with E-state index in [1.54, 1.807) is 22.9 Å². The van der Waals surface area contributed by atoms with Crippen LogP contribution in [0, 0.1) is 0 Å². The first kappa shape index (κ1) is 18.4. The quantitative estimate of drug-likeness (QED) is 0.663. The lowest BCUT2D eigenvalue weighted by atomic mass is 10.1. The van der Waals surface area contributed by atoms with E-state index in [0.29, 0.717) is 11.1 Å². The highest BCUT2D eigenvalue weighted by Crippen LogP contribution is 2.33. The van der Waals surface area contributed by atoms with E-state index in [9.17, 15) is 4.79 Å². The van der Waals surface area contributed by atoms with Crippen molar-refractivity contribution in [2.24, 2.45) is 0 Å². The minimum Gasteiger partial charge on any atom is -0.365 e. The fourth-order valence-electron chi connectivity index (χ4n) is 4.34. The van der Waals surface area contributed by atoms with Crippen LogP contribution in [0.2, 0.25) is 5.02 Å². The molecule has 1 saturated heterocycles. The Morgan fingerprint density at radius 2 is 2.00 bits per heavy atom. The van der Waals surface area contributed by atoms with Gasteiger partial charge in [0, 0.05) is 55.0 Å². The molecule has 0 saturated carbocycles. The molecule has 2 aromatic heterocycles. The van der Waals surface area contributed by atoms with Gasteiger partial charge in [-0.05, 0) is 54.9 Å². The standard InChI is InChI=1S/C23H23ClN4O/c1-2-26-14-20(15-26)27-9-8-17-11-19(4-6-22(17)27)28-10-7-16(12-23(28)29)21-5-3-18(24)13-25-21/h3-7,10-13,20H,2,8-9,14-15H2,1H3. The third kappa shape index (κ3) is 3.34. The number of benzene rings is 1. The van der Waals surface area contributed by atoms with Crippen LogP contribution in [-0.4, -0.2) is 46.7 Å². The maximum absolute atomic E-state index is 12.8. The van der Waals surface area contributed by atoms with Gasteiger partial charge >= 0.3 is 0 Å². The maximum atomic E-state index is 12.8. The second kappa shape index (κ2) is 7.32. The zero-order chi connectivity index (χ0) is 20.0. The van der Waals surface area contributed by atoms with Gasteiger partial charge in [-0.2, -0.15) is 0 Å². The number of anilines is 1. The molecular formula is C23H23ClN4O. The number of hydrogen-bond acceptors (Lipinski definition) is 4. The highest BCUT2D eigenvalue weighted by Gasteiger charge is 2.34. The minimum atomic E-state index is -0.0633. The lowest BCUT2D eigenvalue weighted by Gasteiger charge is -2.44. The monoisotopic (exact) mass is 406 g/mol. The average molecular weight is 407 g/mol. The van der Waals surface area contributed by atoms with Crippen LogP contribution in [0.15, 0.2) is 59.7 Å². The number of nitrogens with zero attached hydrogens (tertiary/aromatic N) is 4. The predicted octanol–water partition coefficient (Wildman–Crippen LogP) is 3.62. The number of hydrogen-bond donors (Lipinski definition) is 0. The molecule has 4 heterocycles. The molecule has 0 spiro atoms. The summed E-state index contributed by atoms with van der Waals surface area (Å²) >= 11 is 5.91. The number of halogens is 1. The molecule has 29 heavy (non-hydrogen) atoms. The molecular weight excluding hydrogens is 384 g/mol. The van der Waals surface area contributed by atoms with Crippen molar-refractivity contribution in [3.05, 3.63) is 75.8 Å². The maximum Gasteiger partial charge on any atom is 0.255 e. The summed E-state index contributed by atoms with van der Waals surface area (Å²) in [4.78, 5) is 22.1. The van der Waals surface area contributed by atoms with Crippen LogP contribution in [0.3, 0.4) is 0 Å². The summed E-state index contributed by atoms with van der Waals surface area (Å²) in [7, 11) is 0. The molecule has 0 bridgehead atoms. The number of rotatable bonds is 4. The van der Waals surface area contributed by atoms with Crippen LogP contribution in [-0.2, 0) is 6.42 Å². The molecule has 0 atom stereocenters. The number of pyridine rings is 2. The van der Waals surface area contributed by atoms with E-state index in [4.69, 9.17) is 11.6 Å². The minimum absolute atomic E-state index is 0.0633. The zero-order valence-corrected chi connectivity index (χ0v) is 17.1. The zero-order valence-electron chi connectivity index (χ0n) is 16.4. The first-order chi connectivity index (χ1) is 14.1. The van der Waals surface area contributed by atoms with Crippen LogP contribution in [0.25, 0.3) is 16.9 Å². The molecule has 0 unspecified atom stereocenters. The van der Waals surface area contributed by atoms with Gasteiger partial charge in [0.25, 0.3) is 5.56 Å².